The maximum absolute atomic E-state index is 6.24. The van der Waals surface area contributed by atoms with Crippen LogP contribution in [0.25, 0.3) is 21.3 Å². The highest BCUT2D eigenvalue weighted by Crippen LogP contribution is 2.42. The zero-order valence-electron chi connectivity index (χ0n) is 14.1. The lowest BCUT2D eigenvalue weighted by Crippen LogP contribution is -2.44. The van der Waals surface area contributed by atoms with E-state index in [0.717, 1.165) is 46.7 Å². The lowest BCUT2D eigenvalue weighted by molar-refractivity contribution is 0.312. The summed E-state index contributed by atoms with van der Waals surface area (Å²) in [7, 11) is 2.15. The van der Waals surface area contributed by atoms with Crippen molar-refractivity contribution in [3.8, 4) is 11.1 Å². The van der Waals surface area contributed by atoms with Crippen LogP contribution in [0.1, 0.15) is 4.88 Å². The number of benzene rings is 1. The molecule has 0 aliphatic carbocycles. The summed E-state index contributed by atoms with van der Waals surface area (Å²) in [5.41, 5.74) is 2.41. The number of hydrogen-bond donors (Lipinski definition) is 0. The lowest BCUT2D eigenvalue weighted by Gasteiger charge is -2.33. The monoisotopic (exact) mass is 436 g/mol. The van der Waals surface area contributed by atoms with Gasteiger partial charge in [-0.1, -0.05) is 28.1 Å². The summed E-state index contributed by atoms with van der Waals surface area (Å²) in [6, 6.07) is 8.43. The van der Waals surface area contributed by atoms with Crippen molar-refractivity contribution >= 4 is 54.9 Å². The summed E-state index contributed by atoms with van der Waals surface area (Å²) in [4.78, 5) is 16.0. The molecule has 1 fully saturated rings. The Bertz CT molecular complexity index is 917. The van der Waals surface area contributed by atoms with Gasteiger partial charge in [0.1, 0.15) is 10.6 Å². The van der Waals surface area contributed by atoms with Crippen LogP contribution in [-0.2, 0) is 0 Å². The quantitative estimate of drug-likeness (QED) is 0.537. The molecular weight excluding hydrogens is 420 g/mol. The number of hydrogen-bond acceptors (Lipinski definition) is 5. The largest absolute Gasteiger partial charge is 0.353 e. The van der Waals surface area contributed by atoms with Gasteiger partial charge in [-0.15, -0.1) is 11.3 Å². The van der Waals surface area contributed by atoms with Gasteiger partial charge in [0.2, 0.25) is 5.28 Å². The Hall–Kier alpha value is -1.21. The smallest absolute Gasteiger partial charge is 0.225 e. The van der Waals surface area contributed by atoms with Crippen LogP contribution < -0.4 is 4.90 Å². The Labute approximate surface area is 164 Å². The van der Waals surface area contributed by atoms with Gasteiger partial charge in [-0.2, -0.15) is 4.98 Å². The molecule has 0 N–H and O–H groups in total. The molecule has 2 aromatic heterocycles. The number of likely N-dealkylation sites (N-methyl/N-ethyl adjacent to an activating group) is 1. The molecule has 0 amide bonds. The van der Waals surface area contributed by atoms with E-state index in [0.29, 0.717) is 5.28 Å². The van der Waals surface area contributed by atoms with Crippen LogP contribution in [0.3, 0.4) is 0 Å². The molecule has 3 heterocycles. The van der Waals surface area contributed by atoms with Crippen LogP contribution in [0, 0.1) is 6.92 Å². The molecule has 130 valence electrons. The summed E-state index contributed by atoms with van der Waals surface area (Å²) in [5.74, 6) is 0.963. The number of aromatic nitrogens is 2. The number of thiophene rings is 1. The van der Waals surface area contributed by atoms with E-state index in [1.807, 2.05) is 0 Å². The van der Waals surface area contributed by atoms with Gasteiger partial charge in [0.15, 0.2) is 0 Å². The number of nitrogens with zero attached hydrogens (tertiary/aromatic N) is 4. The Balaban J connectivity index is 1.91. The summed E-state index contributed by atoms with van der Waals surface area (Å²) in [6.45, 7) is 6.10. The highest BCUT2D eigenvalue weighted by atomic mass is 79.9. The summed E-state index contributed by atoms with van der Waals surface area (Å²) < 4.78 is 1.08. The molecule has 3 aromatic rings. The summed E-state index contributed by atoms with van der Waals surface area (Å²) >= 11 is 11.4. The highest BCUT2D eigenvalue weighted by Gasteiger charge is 2.23. The van der Waals surface area contributed by atoms with Crippen LogP contribution in [-0.4, -0.2) is 48.1 Å². The Morgan fingerprint density at radius 2 is 1.76 bits per heavy atom. The molecule has 1 aliphatic rings. The van der Waals surface area contributed by atoms with Crippen molar-refractivity contribution in [1.29, 1.82) is 0 Å². The van der Waals surface area contributed by atoms with Gasteiger partial charge in [-0.25, -0.2) is 4.98 Å². The van der Waals surface area contributed by atoms with Gasteiger partial charge in [0.05, 0.1) is 5.39 Å². The highest BCUT2D eigenvalue weighted by molar-refractivity contribution is 9.10. The number of fused-ring (bicyclic) bond motifs is 1. The average molecular weight is 438 g/mol. The molecule has 25 heavy (non-hydrogen) atoms. The zero-order chi connectivity index (χ0) is 17.6. The van der Waals surface area contributed by atoms with Crippen molar-refractivity contribution in [2.24, 2.45) is 0 Å². The van der Waals surface area contributed by atoms with E-state index >= 15 is 0 Å². The summed E-state index contributed by atoms with van der Waals surface area (Å²) in [6.07, 6.45) is 0. The van der Waals surface area contributed by atoms with Crippen LogP contribution >= 0.6 is 38.9 Å². The third-order valence-electron chi connectivity index (χ3n) is 4.62. The van der Waals surface area contributed by atoms with E-state index in [-0.39, 0.29) is 0 Å². The Morgan fingerprint density at radius 1 is 1.08 bits per heavy atom. The van der Waals surface area contributed by atoms with E-state index in [1.54, 1.807) is 11.3 Å². The molecule has 0 spiro atoms. The van der Waals surface area contributed by atoms with Gasteiger partial charge >= 0.3 is 0 Å². The molecule has 7 heteroatoms. The molecule has 1 aliphatic heterocycles. The van der Waals surface area contributed by atoms with Gasteiger partial charge < -0.3 is 9.80 Å². The van der Waals surface area contributed by atoms with Crippen molar-refractivity contribution in [2.45, 2.75) is 6.92 Å². The number of anilines is 1. The predicted octanol–water partition coefficient (Wildman–Crippen LogP) is 4.83. The number of halogens is 2. The molecule has 1 saturated heterocycles. The number of rotatable bonds is 2. The molecule has 0 radical (unpaired) electrons. The topological polar surface area (TPSA) is 32.3 Å². The minimum atomic E-state index is 0.324. The van der Waals surface area contributed by atoms with Crippen molar-refractivity contribution in [2.75, 3.05) is 38.1 Å². The SMILES string of the molecule is Cc1sc2nc(Cl)nc(N3CCN(C)CC3)c2c1-c1ccc(Br)cc1. The van der Waals surface area contributed by atoms with Gasteiger partial charge in [0, 0.05) is 41.1 Å². The first-order valence-corrected chi connectivity index (χ1v) is 10.2. The average Bonchev–Trinajstić information content (AvgIpc) is 2.91. The van der Waals surface area contributed by atoms with Gasteiger partial charge in [-0.3, -0.25) is 0 Å². The first-order valence-electron chi connectivity index (χ1n) is 8.19. The predicted molar refractivity (Wildman–Crippen MR) is 110 cm³/mol. The second-order valence-electron chi connectivity index (χ2n) is 6.33. The third-order valence-corrected chi connectivity index (χ3v) is 6.31. The van der Waals surface area contributed by atoms with Crippen molar-refractivity contribution < 1.29 is 0 Å². The molecule has 0 bridgehead atoms. The summed E-state index contributed by atoms with van der Waals surface area (Å²) in [5, 5.41) is 1.45. The normalized spacial score (nSPS) is 15.9. The fourth-order valence-corrected chi connectivity index (χ4v) is 4.80. The van der Waals surface area contributed by atoms with Crippen LogP contribution in [0.15, 0.2) is 28.7 Å². The number of aryl methyl sites for hydroxylation is 1. The van der Waals surface area contributed by atoms with E-state index in [2.05, 4.69) is 73.9 Å². The molecule has 0 unspecified atom stereocenters. The third kappa shape index (κ3) is 3.28. The van der Waals surface area contributed by atoms with Crippen molar-refractivity contribution in [3.05, 3.63) is 38.9 Å². The lowest BCUT2D eigenvalue weighted by atomic mass is 10.0. The van der Waals surface area contributed by atoms with E-state index in [1.165, 1.54) is 16.0 Å². The minimum Gasteiger partial charge on any atom is -0.353 e. The van der Waals surface area contributed by atoms with Gasteiger partial charge in [-0.05, 0) is 43.3 Å². The van der Waals surface area contributed by atoms with E-state index in [4.69, 9.17) is 11.6 Å². The molecule has 4 nitrogen and oxygen atoms in total. The molecule has 0 atom stereocenters. The standard InChI is InChI=1S/C18H18BrClN4S/c1-11-14(12-3-5-13(19)6-4-12)15-16(21-18(20)22-17(15)25-11)24-9-7-23(2)8-10-24/h3-6H,7-10H2,1-2H3. The van der Waals surface area contributed by atoms with Crippen LogP contribution in [0.2, 0.25) is 5.28 Å². The van der Waals surface area contributed by atoms with Crippen LogP contribution in [0.5, 0.6) is 0 Å². The molecule has 1 aromatic carbocycles. The first kappa shape index (κ1) is 17.2. The fraction of sp³-hybridized carbons (Fsp3) is 0.333. The number of piperazine rings is 1. The maximum atomic E-state index is 6.24. The maximum Gasteiger partial charge on any atom is 0.225 e. The van der Waals surface area contributed by atoms with Gasteiger partial charge in [0.25, 0.3) is 0 Å². The first-order chi connectivity index (χ1) is 12.0. The van der Waals surface area contributed by atoms with E-state index in [9.17, 15) is 0 Å². The molecule has 4 rings (SSSR count). The molecular formula is C18H18BrClN4S. The van der Waals surface area contributed by atoms with Crippen molar-refractivity contribution in [3.63, 3.8) is 0 Å². The second-order valence-corrected chi connectivity index (χ2v) is 8.78. The van der Waals surface area contributed by atoms with Crippen LogP contribution in [0.4, 0.5) is 5.82 Å². The van der Waals surface area contributed by atoms with E-state index < -0.39 is 0 Å². The minimum absolute atomic E-state index is 0.324. The zero-order valence-corrected chi connectivity index (χ0v) is 17.2. The second kappa shape index (κ2) is 6.83. The Morgan fingerprint density at radius 3 is 2.44 bits per heavy atom. The Kier molecular flexibility index (Phi) is 4.71. The fourth-order valence-electron chi connectivity index (χ4n) is 3.28. The van der Waals surface area contributed by atoms with Crippen molar-refractivity contribution in [1.82, 2.24) is 14.9 Å². The molecule has 0 saturated carbocycles.